The third-order valence-electron chi connectivity index (χ3n) is 5.37. The number of nitrogens with one attached hydrogen (secondary N) is 2. The molecule has 0 bridgehead atoms. The molecular weight excluding hydrogens is 390 g/mol. The molecule has 0 spiro atoms. The Morgan fingerprint density at radius 2 is 2.10 bits per heavy atom. The van der Waals surface area contributed by atoms with E-state index in [0.717, 1.165) is 0 Å². The molecule has 164 valence electrons. The summed E-state index contributed by atoms with van der Waals surface area (Å²) in [6.07, 6.45) is 1.11. The van der Waals surface area contributed by atoms with E-state index in [0.29, 0.717) is 43.0 Å². The summed E-state index contributed by atoms with van der Waals surface area (Å²) in [6.45, 7) is 2.62. The fourth-order valence-corrected chi connectivity index (χ4v) is 3.88. The largest absolute Gasteiger partial charge is 0.490 e. The van der Waals surface area contributed by atoms with Gasteiger partial charge in [0.25, 0.3) is 5.91 Å². The number of fused-ring (bicyclic) bond motifs is 2. The van der Waals surface area contributed by atoms with Crippen LogP contribution in [0.25, 0.3) is 0 Å². The average Bonchev–Trinajstić information content (AvgIpc) is 2.71. The molecule has 9 nitrogen and oxygen atoms in total. The average molecular weight is 419 g/mol. The van der Waals surface area contributed by atoms with Gasteiger partial charge in [-0.2, -0.15) is 0 Å². The van der Waals surface area contributed by atoms with E-state index < -0.39 is 0 Å². The molecule has 0 radical (unpaired) electrons. The lowest BCUT2D eigenvalue weighted by Gasteiger charge is -2.42. The Morgan fingerprint density at radius 1 is 1.30 bits per heavy atom. The first kappa shape index (κ1) is 22.0. The maximum absolute atomic E-state index is 13.1. The molecule has 0 unspecified atom stereocenters. The van der Waals surface area contributed by atoms with Crippen LogP contribution >= 0.6 is 0 Å². The monoisotopic (exact) mass is 419 g/mol. The molecule has 30 heavy (non-hydrogen) atoms. The minimum absolute atomic E-state index is 0.0810. The van der Waals surface area contributed by atoms with E-state index in [9.17, 15) is 14.4 Å². The van der Waals surface area contributed by atoms with Crippen LogP contribution < -0.4 is 15.4 Å². The first-order chi connectivity index (χ1) is 14.4. The summed E-state index contributed by atoms with van der Waals surface area (Å²) >= 11 is 0. The van der Waals surface area contributed by atoms with E-state index in [4.69, 9.17) is 14.2 Å². The molecule has 1 aromatic carbocycles. The van der Waals surface area contributed by atoms with Crippen LogP contribution in [-0.2, 0) is 19.1 Å². The van der Waals surface area contributed by atoms with E-state index in [1.807, 2.05) is 0 Å². The number of carbonyl (C=O) groups excluding carboxylic acids is 3. The van der Waals surface area contributed by atoms with Gasteiger partial charge < -0.3 is 29.7 Å². The lowest BCUT2D eigenvalue weighted by Crippen LogP contribution is -2.54. The topological polar surface area (TPSA) is 106 Å². The lowest BCUT2D eigenvalue weighted by atomic mass is 9.94. The third-order valence-corrected chi connectivity index (χ3v) is 5.37. The second-order valence-electron chi connectivity index (χ2n) is 7.61. The molecule has 9 heteroatoms. The maximum Gasteiger partial charge on any atom is 0.257 e. The SMILES string of the molecule is COCCNC(=O)C[C@@H]1CC[C@@H]2[C@H](COc3ccc(NC(C)=O)cc3C(=O)N2C)O1. The molecule has 3 rings (SSSR count). The maximum atomic E-state index is 13.1. The fraction of sp³-hybridized carbons (Fsp3) is 0.571. The summed E-state index contributed by atoms with van der Waals surface area (Å²) in [6, 6.07) is 4.85. The van der Waals surface area contributed by atoms with Gasteiger partial charge in [-0.25, -0.2) is 0 Å². The molecule has 1 aromatic rings. The second kappa shape index (κ2) is 9.90. The molecule has 0 saturated carbocycles. The Balaban J connectivity index is 1.69. The van der Waals surface area contributed by atoms with E-state index in [1.165, 1.54) is 6.92 Å². The highest BCUT2D eigenvalue weighted by Gasteiger charge is 2.39. The third kappa shape index (κ3) is 5.28. The van der Waals surface area contributed by atoms with Crippen LogP contribution in [0.1, 0.15) is 36.5 Å². The molecule has 2 N–H and O–H groups in total. The highest BCUT2D eigenvalue weighted by molar-refractivity contribution is 5.99. The van der Waals surface area contributed by atoms with Gasteiger partial charge in [0.2, 0.25) is 11.8 Å². The molecule has 0 aromatic heterocycles. The number of hydrogen-bond acceptors (Lipinski definition) is 6. The number of amides is 3. The van der Waals surface area contributed by atoms with Gasteiger partial charge in [-0.05, 0) is 31.0 Å². The predicted molar refractivity (Wildman–Crippen MR) is 110 cm³/mol. The molecule has 3 amide bonds. The Hall–Kier alpha value is -2.65. The minimum atomic E-state index is -0.326. The highest BCUT2D eigenvalue weighted by atomic mass is 16.5. The lowest BCUT2D eigenvalue weighted by molar-refractivity contribution is -0.134. The predicted octanol–water partition coefficient (Wildman–Crippen LogP) is 1.18. The zero-order valence-corrected chi connectivity index (χ0v) is 17.6. The summed E-state index contributed by atoms with van der Waals surface area (Å²) in [5.41, 5.74) is 0.949. The van der Waals surface area contributed by atoms with Crippen molar-refractivity contribution >= 4 is 23.4 Å². The van der Waals surface area contributed by atoms with Crippen molar-refractivity contribution in [1.82, 2.24) is 10.2 Å². The van der Waals surface area contributed by atoms with E-state index >= 15 is 0 Å². The van der Waals surface area contributed by atoms with Crippen molar-refractivity contribution in [2.24, 2.45) is 0 Å². The van der Waals surface area contributed by atoms with Crippen molar-refractivity contribution < 1.29 is 28.6 Å². The molecule has 3 atom stereocenters. The molecule has 2 aliphatic rings. The molecule has 0 aliphatic carbocycles. The van der Waals surface area contributed by atoms with Crippen molar-refractivity contribution in [2.75, 3.05) is 39.2 Å². The van der Waals surface area contributed by atoms with Crippen molar-refractivity contribution in [3.8, 4) is 5.75 Å². The summed E-state index contributed by atoms with van der Waals surface area (Å²) in [4.78, 5) is 38.2. The van der Waals surface area contributed by atoms with E-state index in [2.05, 4.69) is 10.6 Å². The van der Waals surface area contributed by atoms with Gasteiger partial charge in [-0.15, -0.1) is 0 Å². The fourth-order valence-electron chi connectivity index (χ4n) is 3.88. The van der Waals surface area contributed by atoms with Crippen molar-refractivity contribution in [2.45, 2.75) is 44.4 Å². The summed E-state index contributed by atoms with van der Waals surface area (Å²) in [5.74, 6) is -0.0307. The van der Waals surface area contributed by atoms with Gasteiger partial charge in [-0.1, -0.05) is 0 Å². The number of rotatable bonds is 6. The minimum Gasteiger partial charge on any atom is -0.490 e. The van der Waals surface area contributed by atoms with Gasteiger partial charge in [-0.3, -0.25) is 14.4 Å². The van der Waals surface area contributed by atoms with Gasteiger partial charge in [0.15, 0.2) is 0 Å². The number of likely N-dealkylation sites (N-methyl/N-ethyl adjacent to an activating group) is 1. The molecular formula is C21H29N3O6. The Morgan fingerprint density at radius 3 is 2.83 bits per heavy atom. The Kier molecular flexibility index (Phi) is 7.28. The van der Waals surface area contributed by atoms with Crippen LogP contribution in [0.3, 0.4) is 0 Å². The number of carbonyl (C=O) groups is 3. The summed E-state index contributed by atoms with van der Waals surface area (Å²) in [7, 11) is 3.34. The van der Waals surface area contributed by atoms with Crippen LogP contribution in [0.4, 0.5) is 5.69 Å². The van der Waals surface area contributed by atoms with Gasteiger partial charge in [0, 0.05) is 33.3 Å². The van der Waals surface area contributed by atoms with E-state index in [1.54, 1.807) is 37.3 Å². The van der Waals surface area contributed by atoms with Crippen LogP contribution in [0.15, 0.2) is 18.2 Å². The Labute approximate surface area is 176 Å². The number of benzene rings is 1. The first-order valence-electron chi connectivity index (χ1n) is 10.1. The number of hydrogen-bond donors (Lipinski definition) is 2. The second-order valence-corrected chi connectivity index (χ2v) is 7.61. The smallest absolute Gasteiger partial charge is 0.257 e. The van der Waals surface area contributed by atoms with Crippen LogP contribution in [-0.4, -0.2) is 74.8 Å². The first-order valence-corrected chi connectivity index (χ1v) is 10.1. The summed E-state index contributed by atoms with van der Waals surface area (Å²) < 4.78 is 17.0. The zero-order valence-electron chi connectivity index (χ0n) is 17.6. The zero-order chi connectivity index (χ0) is 21.7. The molecule has 1 fully saturated rings. The van der Waals surface area contributed by atoms with Gasteiger partial charge in [0.1, 0.15) is 18.5 Å². The van der Waals surface area contributed by atoms with Crippen LogP contribution in [0, 0.1) is 0 Å². The van der Waals surface area contributed by atoms with Gasteiger partial charge >= 0.3 is 0 Å². The molecule has 2 aliphatic heterocycles. The van der Waals surface area contributed by atoms with E-state index in [-0.39, 0.29) is 49.0 Å². The quantitative estimate of drug-likeness (QED) is 0.671. The highest BCUT2D eigenvalue weighted by Crippen LogP contribution is 2.32. The molecule has 2 heterocycles. The summed E-state index contributed by atoms with van der Waals surface area (Å²) in [5, 5.41) is 5.49. The molecule has 1 saturated heterocycles. The normalized spacial score (nSPS) is 23.4. The number of nitrogens with zero attached hydrogens (tertiary/aromatic N) is 1. The number of ether oxygens (including phenoxy) is 3. The van der Waals surface area contributed by atoms with Crippen LogP contribution in [0.2, 0.25) is 0 Å². The number of methoxy groups -OCH3 is 1. The van der Waals surface area contributed by atoms with Crippen molar-refractivity contribution in [1.29, 1.82) is 0 Å². The van der Waals surface area contributed by atoms with Crippen molar-refractivity contribution in [3.63, 3.8) is 0 Å². The standard InChI is InChI=1S/C21H29N3O6/c1-13(25)23-14-4-7-18-16(10-14)21(27)24(2)17-6-5-15(30-19(17)12-29-18)11-20(26)22-8-9-28-3/h4,7,10,15,17,19H,5-6,8-9,11-12H2,1-3H3,(H,22,26)(H,23,25)/t15-,17+,19-/m0/s1. The number of anilines is 1. The van der Waals surface area contributed by atoms with Crippen molar-refractivity contribution in [3.05, 3.63) is 23.8 Å². The van der Waals surface area contributed by atoms with Crippen LogP contribution in [0.5, 0.6) is 5.75 Å². The Bertz CT molecular complexity index is 799. The van der Waals surface area contributed by atoms with Gasteiger partial charge in [0.05, 0.1) is 30.7 Å².